The Labute approximate surface area is 112 Å². The summed E-state index contributed by atoms with van der Waals surface area (Å²) in [7, 11) is 0. The summed E-state index contributed by atoms with van der Waals surface area (Å²) in [6.07, 6.45) is 0.478. The van der Waals surface area contributed by atoms with Gasteiger partial charge in [0.25, 0.3) is 0 Å². The lowest BCUT2D eigenvalue weighted by Gasteiger charge is -2.17. The van der Waals surface area contributed by atoms with Crippen molar-refractivity contribution in [1.29, 1.82) is 0 Å². The molecule has 0 aliphatic carbocycles. The van der Waals surface area contributed by atoms with Crippen molar-refractivity contribution < 1.29 is 19.1 Å². The zero-order valence-electron chi connectivity index (χ0n) is 11.4. The Kier molecular flexibility index (Phi) is 5.41. The average molecular weight is 268 g/mol. The second kappa shape index (κ2) is 6.82. The van der Waals surface area contributed by atoms with Crippen molar-refractivity contribution in [3.63, 3.8) is 0 Å². The van der Waals surface area contributed by atoms with E-state index in [4.69, 9.17) is 9.52 Å². The third-order valence-electron chi connectivity index (χ3n) is 2.78. The van der Waals surface area contributed by atoms with E-state index in [1.54, 1.807) is 13.0 Å². The summed E-state index contributed by atoms with van der Waals surface area (Å²) in [5, 5.41) is 14.0. The van der Waals surface area contributed by atoms with Crippen LogP contribution < -0.4 is 10.6 Å². The minimum Gasteiger partial charge on any atom is -0.481 e. The molecule has 0 aromatic carbocycles. The first-order valence-electron chi connectivity index (χ1n) is 6.27. The fraction of sp³-hybridized carbons (Fsp3) is 0.538. The van der Waals surface area contributed by atoms with Gasteiger partial charge in [0.15, 0.2) is 0 Å². The first kappa shape index (κ1) is 15.1. The minimum atomic E-state index is -0.929. The van der Waals surface area contributed by atoms with Crippen molar-refractivity contribution in [2.45, 2.75) is 45.7 Å². The van der Waals surface area contributed by atoms with Crippen LogP contribution in [0.15, 0.2) is 16.5 Å². The van der Waals surface area contributed by atoms with Gasteiger partial charge in [-0.15, -0.1) is 0 Å². The third-order valence-corrected chi connectivity index (χ3v) is 2.78. The summed E-state index contributed by atoms with van der Waals surface area (Å²) in [6, 6.07) is 2.59. The largest absolute Gasteiger partial charge is 0.481 e. The van der Waals surface area contributed by atoms with Crippen molar-refractivity contribution >= 4 is 12.0 Å². The summed E-state index contributed by atoms with van der Waals surface area (Å²) in [4.78, 5) is 22.3. The summed E-state index contributed by atoms with van der Waals surface area (Å²) < 4.78 is 5.41. The lowest BCUT2D eigenvalue weighted by molar-refractivity contribution is -0.137. The molecule has 0 aliphatic rings. The number of amides is 2. The topological polar surface area (TPSA) is 91.6 Å². The van der Waals surface area contributed by atoms with Crippen LogP contribution in [0, 0.1) is 6.92 Å². The number of rotatable bonds is 6. The van der Waals surface area contributed by atoms with Crippen molar-refractivity contribution in [2.75, 3.05) is 0 Å². The smallest absolute Gasteiger partial charge is 0.315 e. The Morgan fingerprint density at radius 3 is 2.53 bits per heavy atom. The molecule has 0 aliphatic heterocycles. The summed E-state index contributed by atoms with van der Waals surface area (Å²) in [5.74, 6) is 0.516. The lowest BCUT2D eigenvalue weighted by atomic mass is 10.1. The molecule has 0 saturated heterocycles. The van der Waals surface area contributed by atoms with Crippen LogP contribution in [0.4, 0.5) is 4.79 Å². The van der Waals surface area contributed by atoms with Crippen LogP contribution in [0.3, 0.4) is 0 Å². The Morgan fingerprint density at radius 1 is 1.37 bits per heavy atom. The SMILES string of the molecule is CCC(CC(=O)O)NC(=O)NC(C)c1ccc(C)o1. The maximum Gasteiger partial charge on any atom is 0.315 e. The van der Waals surface area contributed by atoms with E-state index >= 15 is 0 Å². The molecule has 0 saturated carbocycles. The number of hydrogen-bond donors (Lipinski definition) is 3. The van der Waals surface area contributed by atoms with Gasteiger partial charge in [-0.3, -0.25) is 4.79 Å². The Hall–Kier alpha value is -1.98. The second-order valence-electron chi connectivity index (χ2n) is 4.49. The van der Waals surface area contributed by atoms with Gasteiger partial charge in [-0.25, -0.2) is 4.79 Å². The molecule has 0 bridgehead atoms. The molecule has 1 rings (SSSR count). The van der Waals surface area contributed by atoms with Crippen molar-refractivity contribution in [3.8, 4) is 0 Å². The minimum absolute atomic E-state index is 0.0852. The molecular formula is C13H20N2O4. The standard InChI is InChI=1S/C13H20N2O4/c1-4-10(7-12(16)17)15-13(18)14-9(3)11-6-5-8(2)19-11/h5-6,9-10H,4,7H2,1-3H3,(H,16,17)(H2,14,15,18). The Balaban J connectivity index is 2.47. The average Bonchev–Trinajstić information content (AvgIpc) is 2.74. The number of carbonyl (C=O) groups excluding carboxylic acids is 1. The molecule has 0 spiro atoms. The van der Waals surface area contributed by atoms with Crippen LogP contribution in [0.1, 0.15) is 44.3 Å². The molecule has 1 aromatic heterocycles. The van der Waals surface area contributed by atoms with Crippen LogP contribution >= 0.6 is 0 Å². The number of carboxylic acids is 1. The highest BCUT2D eigenvalue weighted by Crippen LogP contribution is 2.15. The van der Waals surface area contributed by atoms with Crippen LogP contribution in [-0.4, -0.2) is 23.1 Å². The molecule has 1 aromatic rings. The molecular weight excluding hydrogens is 248 g/mol. The van der Waals surface area contributed by atoms with Gasteiger partial charge < -0.3 is 20.2 Å². The van der Waals surface area contributed by atoms with Gasteiger partial charge in [0.1, 0.15) is 11.5 Å². The summed E-state index contributed by atoms with van der Waals surface area (Å²) in [5.41, 5.74) is 0. The molecule has 1 heterocycles. The van der Waals surface area contributed by atoms with E-state index < -0.39 is 12.0 Å². The normalized spacial score (nSPS) is 13.6. The van der Waals surface area contributed by atoms with Crippen molar-refractivity contribution in [1.82, 2.24) is 10.6 Å². The Morgan fingerprint density at radius 2 is 2.05 bits per heavy atom. The number of aliphatic carboxylic acids is 1. The van der Waals surface area contributed by atoms with E-state index in [9.17, 15) is 9.59 Å². The molecule has 6 nitrogen and oxygen atoms in total. The quantitative estimate of drug-likeness (QED) is 0.737. The van der Waals surface area contributed by atoms with Gasteiger partial charge in [-0.2, -0.15) is 0 Å². The molecule has 19 heavy (non-hydrogen) atoms. The molecule has 2 unspecified atom stereocenters. The molecule has 3 N–H and O–H groups in total. The van der Waals surface area contributed by atoms with Crippen LogP contribution in [0.2, 0.25) is 0 Å². The molecule has 6 heteroatoms. The van der Waals surface area contributed by atoms with Gasteiger partial charge in [-0.1, -0.05) is 6.92 Å². The zero-order valence-corrected chi connectivity index (χ0v) is 11.4. The number of carboxylic acid groups (broad SMARTS) is 1. The van der Waals surface area contributed by atoms with Crippen molar-refractivity contribution in [2.24, 2.45) is 0 Å². The fourth-order valence-corrected chi connectivity index (χ4v) is 1.69. The molecule has 0 fully saturated rings. The van der Waals surface area contributed by atoms with Gasteiger partial charge in [0, 0.05) is 6.04 Å². The lowest BCUT2D eigenvalue weighted by Crippen LogP contribution is -2.43. The number of furan rings is 1. The van der Waals surface area contributed by atoms with Crippen molar-refractivity contribution in [3.05, 3.63) is 23.7 Å². The van der Waals surface area contributed by atoms with E-state index in [-0.39, 0.29) is 18.5 Å². The van der Waals surface area contributed by atoms with Crippen LogP contribution in [0.25, 0.3) is 0 Å². The molecule has 106 valence electrons. The summed E-state index contributed by atoms with van der Waals surface area (Å²) >= 11 is 0. The van der Waals surface area contributed by atoms with Crippen LogP contribution in [-0.2, 0) is 4.79 Å². The van der Waals surface area contributed by atoms with Gasteiger partial charge in [-0.05, 0) is 32.4 Å². The first-order valence-corrected chi connectivity index (χ1v) is 6.27. The molecule has 0 radical (unpaired) electrons. The van der Waals surface area contributed by atoms with E-state index in [2.05, 4.69) is 10.6 Å². The number of nitrogens with one attached hydrogen (secondary N) is 2. The molecule has 2 amide bonds. The highest BCUT2D eigenvalue weighted by atomic mass is 16.4. The Bertz CT molecular complexity index is 442. The summed E-state index contributed by atoms with van der Waals surface area (Å²) in [6.45, 7) is 5.46. The van der Waals surface area contributed by atoms with Gasteiger partial charge >= 0.3 is 12.0 Å². The first-order chi connectivity index (χ1) is 8.92. The van der Waals surface area contributed by atoms with E-state index in [1.165, 1.54) is 0 Å². The second-order valence-corrected chi connectivity index (χ2v) is 4.49. The van der Waals surface area contributed by atoms with Crippen LogP contribution in [0.5, 0.6) is 0 Å². The van der Waals surface area contributed by atoms with E-state index in [0.717, 1.165) is 5.76 Å². The van der Waals surface area contributed by atoms with Gasteiger partial charge in [0.2, 0.25) is 0 Å². The highest BCUT2D eigenvalue weighted by molar-refractivity contribution is 5.76. The van der Waals surface area contributed by atoms with E-state index in [1.807, 2.05) is 19.9 Å². The third kappa shape index (κ3) is 5.03. The highest BCUT2D eigenvalue weighted by Gasteiger charge is 2.17. The number of urea groups is 1. The number of hydrogen-bond acceptors (Lipinski definition) is 3. The van der Waals surface area contributed by atoms with Gasteiger partial charge in [0.05, 0.1) is 12.5 Å². The predicted molar refractivity (Wildman–Crippen MR) is 69.9 cm³/mol. The van der Waals surface area contributed by atoms with E-state index in [0.29, 0.717) is 12.2 Å². The number of aryl methyl sites for hydroxylation is 1. The molecule has 2 atom stereocenters. The maximum atomic E-state index is 11.7. The monoisotopic (exact) mass is 268 g/mol. The number of carbonyl (C=O) groups is 2. The predicted octanol–water partition coefficient (Wildman–Crippen LogP) is 2.20. The zero-order chi connectivity index (χ0) is 14.4. The fourth-order valence-electron chi connectivity index (χ4n) is 1.69. The maximum absolute atomic E-state index is 11.7.